The van der Waals surface area contributed by atoms with E-state index in [2.05, 4.69) is 9.97 Å². The van der Waals surface area contributed by atoms with Gasteiger partial charge in [-0.1, -0.05) is 25.4 Å². The molecule has 3 heterocycles. The summed E-state index contributed by atoms with van der Waals surface area (Å²) in [6.45, 7) is 6.35. The first-order valence-corrected chi connectivity index (χ1v) is 11.6. The van der Waals surface area contributed by atoms with Crippen molar-refractivity contribution in [3.8, 4) is 0 Å². The maximum atomic E-state index is 12.8. The lowest BCUT2D eigenvalue weighted by Gasteiger charge is -2.36. The quantitative estimate of drug-likeness (QED) is 0.634. The molecule has 1 aliphatic rings. The number of pyridine rings is 2. The van der Waals surface area contributed by atoms with Crippen molar-refractivity contribution in [2.75, 3.05) is 49.1 Å². The molecule has 3 rings (SSSR count). The summed E-state index contributed by atoms with van der Waals surface area (Å²) in [6, 6.07) is 4.08. The van der Waals surface area contributed by atoms with Gasteiger partial charge >= 0.3 is 6.18 Å². The van der Waals surface area contributed by atoms with E-state index in [-0.39, 0.29) is 9.92 Å². The van der Waals surface area contributed by atoms with Crippen LogP contribution in [-0.2, 0) is 16.2 Å². The minimum absolute atomic E-state index is 0.0487. The van der Waals surface area contributed by atoms with Crippen LogP contribution in [0.4, 0.5) is 24.8 Å². The third-order valence-corrected chi connectivity index (χ3v) is 7.43. The summed E-state index contributed by atoms with van der Waals surface area (Å²) < 4.78 is 64.9. The summed E-state index contributed by atoms with van der Waals surface area (Å²) in [5.41, 5.74) is -0.885. The summed E-state index contributed by atoms with van der Waals surface area (Å²) >= 11 is 6.04. The van der Waals surface area contributed by atoms with Crippen molar-refractivity contribution in [3.05, 3.63) is 41.2 Å². The van der Waals surface area contributed by atoms with Crippen molar-refractivity contribution >= 4 is 33.3 Å². The Kier molecular flexibility index (Phi) is 6.97. The number of aromatic nitrogens is 2. The van der Waals surface area contributed by atoms with Gasteiger partial charge < -0.3 is 9.80 Å². The first-order chi connectivity index (χ1) is 14.6. The zero-order valence-corrected chi connectivity index (χ0v) is 18.7. The molecule has 2 aromatic heterocycles. The summed E-state index contributed by atoms with van der Waals surface area (Å²) in [4.78, 5) is 12.1. The highest BCUT2D eigenvalue weighted by Crippen LogP contribution is 2.34. The van der Waals surface area contributed by atoms with Crippen LogP contribution in [0.25, 0.3) is 0 Å². The van der Waals surface area contributed by atoms with Gasteiger partial charge in [0.1, 0.15) is 16.5 Å². The second-order valence-corrected chi connectivity index (χ2v) is 9.29. The van der Waals surface area contributed by atoms with Gasteiger partial charge in [-0.15, -0.1) is 0 Å². The smallest absolute Gasteiger partial charge is 0.353 e. The molecule has 1 saturated heterocycles. The SMILES string of the molecule is CCN(CC)S(=O)(=O)c1ccc(N2CCN(c3ncc(C(F)(F)F)cc3Cl)CC2)nc1. The van der Waals surface area contributed by atoms with E-state index in [0.717, 1.165) is 12.3 Å². The van der Waals surface area contributed by atoms with Gasteiger partial charge in [0.15, 0.2) is 0 Å². The van der Waals surface area contributed by atoms with Crippen molar-refractivity contribution in [2.24, 2.45) is 0 Å². The fraction of sp³-hybridized carbons (Fsp3) is 0.474. The number of anilines is 2. The Morgan fingerprint density at radius 3 is 2.13 bits per heavy atom. The Hall–Kier alpha value is -2.11. The first-order valence-electron chi connectivity index (χ1n) is 9.76. The molecule has 2 aromatic rings. The normalized spacial score (nSPS) is 15.6. The Morgan fingerprint density at radius 1 is 1.03 bits per heavy atom. The van der Waals surface area contributed by atoms with E-state index < -0.39 is 21.8 Å². The highest BCUT2D eigenvalue weighted by molar-refractivity contribution is 7.89. The van der Waals surface area contributed by atoms with Gasteiger partial charge in [-0.25, -0.2) is 18.4 Å². The van der Waals surface area contributed by atoms with Crippen molar-refractivity contribution < 1.29 is 21.6 Å². The molecule has 170 valence electrons. The van der Waals surface area contributed by atoms with Gasteiger partial charge in [-0.2, -0.15) is 17.5 Å². The lowest BCUT2D eigenvalue weighted by atomic mass is 10.2. The third kappa shape index (κ3) is 5.04. The molecule has 7 nitrogen and oxygen atoms in total. The maximum absolute atomic E-state index is 12.8. The number of rotatable bonds is 6. The van der Waals surface area contributed by atoms with E-state index in [1.807, 2.05) is 9.80 Å². The minimum Gasteiger partial charge on any atom is -0.353 e. The average Bonchev–Trinajstić information content (AvgIpc) is 2.74. The fourth-order valence-corrected chi connectivity index (χ4v) is 5.08. The Balaban J connectivity index is 1.68. The van der Waals surface area contributed by atoms with Crippen molar-refractivity contribution in [1.29, 1.82) is 0 Å². The topological polar surface area (TPSA) is 69.6 Å². The van der Waals surface area contributed by atoms with Gasteiger partial charge in [-0.05, 0) is 18.2 Å². The van der Waals surface area contributed by atoms with Crippen molar-refractivity contribution in [2.45, 2.75) is 24.9 Å². The van der Waals surface area contributed by atoms with Crippen LogP contribution in [0, 0.1) is 0 Å². The van der Waals surface area contributed by atoms with Crippen LogP contribution < -0.4 is 9.80 Å². The van der Waals surface area contributed by atoms with Gasteiger partial charge in [0.2, 0.25) is 10.0 Å². The Morgan fingerprint density at radius 2 is 1.65 bits per heavy atom. The number of alkyl halides is 3. The highest BCUT2D eigenvalue weighted by atomic mass is 35.5. The number of sulfonamides is 1. The molecule has 0 spiro atoms. The fourth-order valence-electron chi connectivity index (χ4n) is 3.39. The van der Waals surface area contributed by atoms with Crippen molar-refractivity contribution in [1.82, 2.24) is 14.3 Å². The molecule has 31 heavy (non-hydrogen) atoms. The van der Waals surface area contributed by atoms with Gasteiger partial charge in [0, 0.05) is 51.7 Å². The molecule has 1 aliphatic heterocycles. The molecule has 0 N–H and O–H groups in total. The number of hydrogen-bond donors (Lipinski definition) is 0. The second kappa shape index (κ2) is 9.17. The monoisotopic (exact) mass is 477 g/mol. The molecule has 1 fully saturated rings. The van der Waals surface area contributed by atoms with Crippen LogP contribution in [0.5, 0.6) is 0 Å². The first kappa shape index (κ1) is 23.6. The molecule has 0 radical (unpaired) electrons. The molecule has 0 unspecified atom stereocenters. The Labute approximate surface area is 184 Å². The molecule has 0 bridgehead atoms. The number of halogens is 4. The van der Waals surface area contributed by atoms with Crippen LogP contribution in [0.3, 0.4) is 0 Å². The predicted molar refractivity (Wildman–Crippen MR) is 113 cm³/mol. The molecular formula is C19H23ClF3N5O2S. The summed E-state index contributed by atoms with van der Waals surface area (Å²) in [6.07, 6.45) is -2.36. The molecule has 12 heteroatoms. The van der Waals surface area contributed by atoms with E-state index in [9.17, 15) is 21.6 Å². The zero-order valence-electron chi connectivity index (χ0n) is 17.1. The summed E-state index contributed by atoms with van der Waals surface area (Å²) in [5, 5.41) is -0.0487. The lowest BCUT2D eigenvalue weighted by molar-refractivity contribution is -0.137. The van der Waals surface area contributed by atoms with Gasteiger partial charge in [0.05, 0.1) is 10.6 Å². The van der Waals surface area contributed by atoms with Crippen LogP contribution in [-0.4, -0.2) is 62.0 Å². The number of hydrogen-bond acceptors (Lipinski definition) is 6. The van der Waals surface area contributed by atoms with Crippen LogP contribution >= 0.6 is 11.6 Å². The zero-order chi connectivity index (χ0) is 22.8. The molecule has 0 aliphatic carbocycles. The maximum Gasteiger partial charge on any atom is 0.417 e. The standard InChI is InChI=1S/C19H23ClF3N5O2S/c1-3-28(4-2)31(29,30)15-5-6-17(24-13-15)26-7-9-27(10-8-26)18-16(20)11-14(12-25-18)19(21,22)23/h5-6,11-13H,3-4,7-10H2,1-2H3. The predicted octanol–water partition coefficient (Wildman–Crippen LogP) is 3.51. The van der Waals surface area contributed by atoms with E-state index in [0.29, 0.717) is 50.9 Å². The van der Waals surface area contributed by atoms with E-state index in [1.165, 1.54) is 16.6 Å². The van der Waals surface area contributed by atoms with E-state index in [1.54, 1.807) is 19.9 Å². The second-order valence-electron chi connectivity index (χ2n) is 6.94. The van der Waals surface area contributed by atoms with Gasteiger partial charge in [0.25, 0.3) is 0 Å². The van der Waals surface area contributed by atoms with Crippen LogP contribution in [0.2, 0.25) is 5.02 Å². The molecule has 0 atom stereocenters. The lowest BCUT2D eigenvalue weighted by Crippen LogP contribution is -2.47. The summed E-state index contributed by atoms with van der Waals surface area (Å²) in [7, 11) is -3.57. The van der Waals surface area contributed by atoms with E-state index >= 15 is 0 Å². The minimum atomic E-state index is -4.50. The third-order valence-electron chi connectivity index (χ3n) is 5.12. The average molecular weight is 478 g/mol. The Bertz CT molecular complexity index is 1010. The van der Waals surface area contributed by atoms with Crippen LogP contribution in [0.15, 0.2) is 35.5 Å². The summed E-state index contributed by atoms with van der Waals surface area (Å²) in [5.74, 6) is 0.938. The van der Waals surface area contributed by atoms with Crippen LogP contribution in [0.1, 0.15) is 19.4 Å². The molecular weight excluding hydrogens is 455 g/mol. The molecule has 0 amide bonds. The number of piperazine rings is 1. The highest BCUT2D eigenvalue weighted by Gasteiger charge is 2.32. The molecule has 0 aromatic carbocycles. The number of nitrogens with zero attached hydrogens (tertiary/aromatic N) is 5. The van der Waals surface area contributed by atoms with E-state index in [4.69, 9.17) is 11.6 Å². The molecule has 0 saturated carbocycles. The van der Waals surface area contributed by atoms with Crippen molar-refractivity contribution in [3.63, 3.8) is 0 Å². The van der Waals surface area contributed by atoms with Gasteiger partial charge in [-0.3, -0.25) is 0 Å². The largest absolute Gasteiger partial charge is 0.417 e.